The Morgan fingerprint density at radius 1 is 1.53 bits per heavy atom. The SMILES string of the molecule is CC(C)(C)OC(=O)NCC1CC1.O=CO. The van der Waals surface area contributed by atoms with Gasteiger partial charge in [0.1, 0.15) is 5.60 Å². The fourth-order valence-corrected chi connectivity index (χ4v) is 0.864. The number of carboxylic acid groups (broad SMARTS) is 1. The van der Waals surface area contributed by atoms with Crippen LogP contribution in [0.3, 0.4) is 0 Å². The van der Waals surface area contributed by atoms with E-state index in [1.54, 1.807) is 0 Å². The zero-order chi connectivity index (χ0) is 11.9. The number of carbonyl (C=O) groups excluding carboxylic acids is 1. The average molecular weight is 217 g/mol. The summed E-state index contributed by atoms with van der Waals surface area (Å²) in [5.74, 6) is 0.706. The maximum atomic E-state index is 11.1. The van der Waals surface area contributed by atoms with Gasteiger partial charge in [-0.05, 0) is 39.5 Å². The van der Waals surface area contributed by atoms with E-state index in [-0.39, 0.29) is 18.2 Å². The molecule has 1 aliphatic carbocycles. The lowest BCUT2D eigenvalue weighted by molar-refractivity contribution is -0.122. The Bertz CT molecular complexity index is 206. The number of ether oxygens (including phenoxy) is 1. The fourth-order valence-electron chi connectivity index (χ4n) is 0.864. The van der Waals surface area contributed by atoms with Gasteiger partial charge in [-0.1, -0.05) is 0 Å². The van der Waals surface area contributed by atoms with Crippen LogP contribution in [0.2, 0.25) is 0 Å². The molecule has 88 valence electrons. The van der Waals surface area contributed by atoms with Gasteiger partial charge in [0.25, 0.3) is 6.47 Å². The van der Waals surface area contributed by atoms with Crippen LogP contribution >= 0.6 is 0 Å². The molecule has 5 nitrogen and oxygen atoms in total. The molecule has 5 heteroatoms. The van der Waals surface area contributed by atoms with Crippen LogP contribution in [0.15, 0.2) is 0 Å². The third-order valence-electron chi connectivity index (χ3n) is 1.63. The Kier molecular flexibility index (Phi) is 5.74. The standard InChI is InChI=1S/C9H17NO2.CH2O2/c1-9(2,3)12-8(11)10-6-7-4-5-7;2-1-3/h7H,4-6H2,1-3H3,(H,10,11);1H,(H,2,3). The maximum absolute atomic E-state index is 11.1. The summed E-state index contributed by atoms with van der Waals surface area (Å²) in [5, 5.41) is 9.63. The molecular formula is C10H19NO4. The largest absolute Gasteiger partial charge is 0.483 e. The summed E-state index contributed by atoms with van der Waals surface area (Å²) < 4.78 is 5.07. The van der Waals surface area contributed by atoms with E-state index in [1.165, 1.54) is 12.8 Å². The van der Waals surface area contributed by atoms with Crippen LogP contribution in [0.4, 0.5) is 4.79 Å². The first-order chi connectivity index (χ1) is 6.89. The van der Waals surface area contributed by atoms with Crippen LogP contribution in [-0.4, -0.2) is 29.8 Å². The van der Waals surface area contributed by atoms with Crippen molar-refractivity contribution in [3.05, 3.63) is 0 Å². The van der Waals surface area contributed by atoms with Crippen LogP contribution in [-0.2, 0) is 9.53 Å². The lowest BCUT2D eigenvalue weighted by atomic mass is 10.2. The zero-order valence-corrected chi connectivity index (χ0v) is 9.45. The van der Waals surface area contributed by atoms with Crippen LogP contribution in [0.5, 0.6) is 0 Å². The van der Waals surface area contributed by atoms with E-state index in [0.717, 1.165) is 6.54 Å². The summed E-state index contributed by atoms with van der Waals surface area (Å²) >= 11 is 0. The number of hydrogen-bond donors (Lipinski definition) is 2. The van der Waals surface area contributed by atoms with Crippen molar-refractivity contribution in [3.63, 3.8) is 0 Å². The molecule has 0 bridgehead atoms. The van der Waals surface area contributed by atoms with E-state index >= 15 is 0 Å². The number of rotatable bonds is 2. The van der Waals surface area contributed by atoms with E-state index in [9.17, 15) is 4.79 Å². The predicted molar refractivity (Wildman–Crippen MR) is 55.7 cm³/mol. The van der Waals surface area contributed by atoms with Gasteiger partial charge in [-0.25, -0.2) is 4.79 Å². The van der Waals surface area contributed by atoms with Crippen molar-refractivity contribution in [2.24, 2.45) is 5.92 Å². The summed E-state index contributed by atoms with van der Waals surface area (Å²) in [6.45, 7) is 6.12. The molecule has 1 aliphatic rings. The molecule has 1 rings (SSSR count). The molecule has 0 saturated heterocycles. The first kappa shape index (κ1) is 13.7. The smallest absolute Gasteiger partial charge is 0.407 e. The molecule has 2 N–H and O–H groups in total. The number of nitrogens with one attached hydrogen (secondary N) is 1. The highest BCUT2D eigenvalue weighted by molar-refractivity contribution is 5.67. The van der Waals surface area contributed by atoms with Gasteiger partial charge in [-0.15, -0.1) is 0 Å². The third-order valence-corrected chi connectivity index (χ3v) is 1.63. The monoisotopic (exact) mass is 217 g/mol. The Morgan fingerprint density at radius 2 is 2.00 bits per heavy atom. The molecule has 0 unspecified atom stereocenters. The van der Waals surface area contributed by atoms with E-state index in [2.05, 4.69) is 5.32 Å². The molecule has 1 amide bonds. The summed E-state index contributed by atoms with van der Waals surface area (Å²) in [6.07, 6.45) is 2.19. The van der Waals surface area contributed by atoms with Crippen molar-refractivity contribution in [2.45, 2.75) is 39.2 Å². The summed E-state index contributed by atoms with van der Waals surface area (Å²) in [7, 11) is 0. The van der Waals surface area contributed by atoms with E-state index in [4.69, 9.17) is 14.6 Å². The molecular weight excluding hydrogens is 198 g/mol. The van der Waals surface area contributed by atoms with Gasteiger partial charge < -0.3 is 15.2 Å². The van der Waals surface area contributed by atoms with Crippen molar-refractivity contribution in [2.75, 3.05) is 6.54 Å². The molecule has 0 aromatic heterocycles. The maximum Gasteiger partial charge on any atom is 0.407 e. The van der Waals surface area contributed by atoms with Crippen molar-refractivity contribution < 1.29 is 19.4 Å². The number of hydrogen-bond acceptors (Lipinski definition) is 3. The van der Waals surface area contributed by atoms with Gasteiger partial charge in [0.15, 0.2) is 0 Å². The van der Waals surface area contributed by atoms with Gasteiger partial charge >= 0.3 is 6.09 Å². The topological polar surface area (TPSA) is 75.6 Å². The van der Waals surface area contributed by atoms with Gasteiger partial charge in [-0.3, -0.25) is 4.79 Å². The highest BCUT2D eigenvalue weighted by Crippen LogP contribution is 2.27. The lowest BCUT2D eigenvalue weighted by Gasteiger charge is -2.19. The predicted octanol–water partition coefficient (Wildman–Crippen LogP) is 1.62. The zero-order valence-electron chi connectivity index (χ0n) is 9.45. The van der Waals surface area contributed by atoms with Crippen LogP contribution in [0.25, 0.3) is 0 Å². The van der Waals surface area contributed by atoms with Crippen LogP contribution < -0.4 is 5.32 Å². The summed E-state index contributed by atoms with van der Waals surface area (Å²) in [6, 6.07) is 0. The minimum atomic E-state index is -0.381. The normalized spacial score (nSPS) is 14.6. The number of alkyl carbamates (subject to hydrolysis) is 1. The van der Waals surface area contributed by atoms with Crippen molar-refractivity contribution in [3.8, 4) is 0 Å². The first-order valence-electron chi connectivity index (χ1n) is 4.93. The van der Waals surface area contributed by atoms with E-state index in [0.29, 0.717) is 5.92 Å². The fraction of sp³-hybridized carbons (Fsp3) is 0.800. The average Bonchev–Trinajstić information content (AvgIpc) is 2.81. The second-order valence-corrected chi connectivity index (χ2v) is 4.43. The van der Waals surface area contributed by atoms with Gasteiger partial charge in [0, 0.05) is 6.54 Å². The minimum absolute atomic E-state index is 0.250. The molecule has 0 aromatic rings. The molecule has 0 heterocycles. The van der Waals surface area contributed by atoms with Gasteiger partial charge in [-0.2, -0.15) is 0 Å². The van der Waals surface area contributed by atoms with Gasteiger partial charge in [0.2, 0.25) is 0 Å². The molecule has 15 heavy (non-hydrogen) atoms. The van der Waals surface area contributed by atoms with Crippen LogP contribution in [0.1, 0.15) is 33.6 Å². The molecule has 0 aromatic carbocycles. The quantitative estimate of drug-likeness (QED) is 0.689. The van der Waals surface area contributed by atoms with E-state index < -0.39 is 0 Å². The van der Waals surface area contributed by atoms with Crippen molar-refractivity contribution in [1.29, 1.82) is 0 Å². The second kappa shape index (κ2) is 6.27. The summed E-state index contributed by atoms with van der Waals surface area (Å²) in [4.78, 5) is 19.4. The molecule has 0 spiro atoms. The molecule has 1 saturated carbocycles. The highest BCUT2D eigenvalue weighted by atomic mass is 16.6. The highest BCUT2D eigenvalue weighted by Gasteiger charge is 2.23. The third kappa shape index (κ3) is 10.7. The van der Waals surface area contributed by atoms with Crippen LogP contribution in [0, 0.1) is 5.92 Å². The lowest BCUT2D eigenvalue weighted by Crippen LogP contribution is -2.33. The Morgan fingerprint density at radius 3 is 2.33 bits per heavy atom. The molecule has 0 atom stereocenters. The second-order valence-electron chi connectivity index (χ2n) is 4.43. The summed E-state index contributed by atoms with van der Waals surface area (Å²) in [5.41, 5.74) is -0.381. The van der Waals surface area contributed by atoms with Crippen molar-refractivity contribution >= 4 is 12.6 Å². The molecule has 0 aliphatic heterocycles. The number of carbonyl (C=O) groups is 2. The molecule has 0 radical (unpaired) electrons. The minimum Gasteiger partial charge on any atom is -0.483 e. The Balaban J connectivity index is 0.000000583. The van der Waals surface area contributed by atoms with Crippen molar-refractivity contribution in [1.82, 2.24) is 5.32 Å². The van der Waals surface area contributed by atoms with E-state index in [1.807, 2.05) is 20.8 Å². The number of amides is 1. The molecule has 1 fully saturated rings. The first-order valence-corrected chi connectivity index (χ1v) is 4.93. The Hall–Kier alpha value is -1.26. The van der Waals surface area contributed by atoms with Gasteiger partial charge in [0.05, 0.1) is 0 Å². The Labute approximate surface area is 89.8 Å².